The van der Waals surface area contributed by atoms with E-state index in [1.54, 1.807) is 42.6 Å². The standard InChI is InChI=1S/C19H16Cl2N2O4/c1-26-19(25)16(27-18(24)11-5-3-2-4-6-11)8-12-7-15(21)17-14(10-22-23-17)13(12)9-20/h2-7,10,16H,8-9H2,1H3,(H,22,23). The molecule has 6 nitrogen and oxygen atoms in total. The lowest BCUT2D eigenvalue weighted by molar-refractivity contribution is -0.150. The molecule has 140 valence electrons. The number of benzene rings is 2. The molecule has 0 aliphatic heterocycles. The molecule has 0 fully saturated rings. The van der Waals surface area contributed by atoms with E-state index < -0.39 is 18.0 Å². The Morgan fingerprint density at radius 3 is 2.67 bits per heavy atom. The van der Waals surface area contributed by atoms with Gasteiger partial charge in [0.05, 0.1) is 29.4 Å². The third-order valence-electron chi connectivity index (χ3n) is 4.15. The molecule has 0 aliphatic carbocycles. The van der Waals surface area contributed by atoms with E-state index in [4.69, 9.17) is 32.7 Å². The highest BCUT2D eigenvalue weighted by Gasteiger charge is 2.27. The zero-order valence-corrected chi connectivity index (χ0v) is 15.9. The van der Waals surface area contributed by atoms with Crippen molar-refractivity contribution in [3.63, 3.8) is 0 Å². The van der Waals surface area contributed by atoms with Gasteiger partial charge >= 0.3 is 11.9 Å². The number of aromatic amines is 1. The van der Waals surface area contributed by atoms with Gasteiger partial charge in [-0.25, -0.2) is 9.59 Å². The number of esters is 2. The van der Waals surface area contributed by atoms with Gasteiger partial charge in [0.15, 0.2) is 0 Å². The van der Waals surface area contributed by atoms with Crippen molar-refractivity contribution in [2.75, 3.05) is 7.11 Å². The van der Waals surface area contributed by atoms with Crippen LogP contribution in [0.2, 0.25) is 5.02 Å². The normalized spacial score (nSPS) is 12.0. The molecular formula is C19H16Cl2N2O4. The maximum atomic E-state index is 12.4. The molecular weight excluding hydrogens is 391 g/mol. The second-order valence-corrected chi connectivity index (χ2v) is 6.45. The fourth-order valence-corrected chi connectivity index (χ4v) is 3.39. The van der Waals surface area contributed by atoms with Crippen LogP contribution in [0.5, 0.6) is 0 Å². The summed E-state index contributed by atoms with van der Waals surface area (Å²) in [5.41, 5.74) is 2.44. The highest BCUT2D eigenvalue weighted by Crippen LogP contribution is 2.30. The van der Waals surface area contributed by atoms with Crippen LogP contribution in [-0.2, 0) is 26.6 Å². The summed E-state index contributed by atoms with van der Waals surface area (Å²) < 4.78 is 10.2. The van der Waals surface area contributed by atoms with E-state index in [1.165, 1.54) is 7.11 Å². The van der Waals surface area contributed by atoms with Gasteiger partial charge in [-0.05, 0) is 29.3 Å². The molecule has 0 aliphatic rings. The fourth-order valence-electron chi connectivity index (χ4n) is 2.80. The molecule has 2 aromatic carbocycles. The lowest BCUT2D eigenvalue weighted by atomic mass is 9.99. The topological polar surface area (TPSA) is 81.3 Å². The highest BCUT2D eigenvalue weighted by atomic mass is 35.5. The number of halogens is 2. The number of aromatic nitrogens is 2. The molecule has 0 amide bonds. The maximum Gasteiger partial charge on any atom is 0.347 e. The van der Waals surface area contributed by atoms with E-state index in [9.17, 15) is 9.59 Å². The first-order valence-electron chi connectivity index (χ1n) is 8.08. The van der Waals surface area contributed by atoms with Crippen molar-refractivity contribution in [3.8, 4) is 0 Å². The Kier molecular flexibility index (Phi) is 5.98. The predicted octanol–water partition coefficient (Wildman–Crippen LogP) is 3.90. The number of alkyl halides is 1. The summed E-state index contributed by atoms with van der Waals surface area (Å²) in [5, 5.41) is 7.99. The van der Waals surface area contributed by atoms with Crippen molar-refractivity contribution in [1.29, 1.82) is 0 Å². The molecule has 0 saturated carbocycles. The Labute approximate surface area is 165 Å². The lowest BCUT2D eigenvalue weighted by Gasteiger charge is -2.18. The molecule has 1 heterocycles. The fraction of sp³-hybridized carbons (Fsp3) is 0.211. The van der Waals surface area contributed by atoms with E-state index in [0.717, 1.165) is 10.9 Å². The van der Waals surface area contributed by atoms with Gasteiger partial charge in [0.2, 0.25) is 6.10 Å². The number of carbonyl (C=O) groups excluding carboxylic acids is 2. The first kappa shape index (κ1) is 19.2. The number of nitrogens with zero attached hydrogens (tertiary/aromatic N) is 1. The summed E-state index contributed by atoms with van der Waals surface area (Å²) in [6.45, 7) is 0. The molecule has 8 heteroatoms. The van der Waals surface area contributed by atoms with Crippen LogP contribution >= 0.6 is 23.2 Å². The summed E-state index contributed by atoms with van der Waals surface area (Å²) in [5.74, 6) is -1.10. The molecule has 0 spiro atoms. The van der Waals surface area contributed by atoms with E-state index in [1.807, 2.05) is 0 Å². The summed E-state index contributed by atoms with van der Waals surface area (Å²) in [6.07, 6.45) is 0.560. The summed E-state index contributed by atoms with van der Waals surface area (Å²) >= 11 is 12.4. The van der Waals surface area contributed by atoms with Crippen molar-refractivity contribution in [1.82, 2.24) is 10.2 Å². The second-order valence-electron chi connectivity index (χ2n) is 5.78. The smallest absolute Gasteiger partial charge is 0.347 e. The molecule has 1 atom stereocenters. The molecule has 1 unspecified atom stereocenters. The Morgan fingerprint density at radius 1 is 1.26 bits per heavy atom. The van der Waals surface area contributed by atoms with Crippen LogP contribution in [0.25, 0.3) is 10.9 Å². The quantitative estimate of drug-likeness (QED) is 0.495. The Morgan fingerprint density at radius 2 is 2.00 bits per heavy atom. The lowest BCUT2D eigenvalue weighted by Crippen LogP contribution is -2.31. The minimum atomic E-state index is -1.13. The van der Waals surface area contributed by atoms with Crippen LogP contribution in [0.3, 0.4) is 0 Å². The number of fused-ring (bicyclic) bond motifs is 1. The molecule has 0 radical (unpaired) electrons. The van der Waals surface area contributed by atoms with Gasteiger partial charge in [0, 0.05) is 17.7 Å². The number of nitrogens with one attached hydrogen (secondary N) is 1. The first-order valence-corrected chi connectivity index (χ1v) is 8.99. The van der Waals surface area contributed by atoms with Crippen LogP contribution in [0.15, 0.2) is 42.6 Å². The Bertz CT molecular complexity index is 973. The molecule has 1 N–H and O–H groups in total. The van der Waals surface area contributed by atoms with E-state index in [2.05, 4.69) is 10.2 Å². The van der Waals surface area contributed by atoms with E-state index in [-0.39, 0.29) is 12.3 Å². The Hall–Kier alpha value is -2.57. The van der Waals surface area contributed by atoms with Crippen LogP contribution in [0, 0.1) is 0 Å². The summed E-state index contributed by atoms with van der Waals surface area (Å²) in [7, 11) is 1.24. The molecule has 0 bridgehead atoms. The third-order valence-corrected chi connectivity index (χ3v) is 4.72. The van der Waals surface area contributed by atoms with Crippen molar-refractivity contribution in [3.05, 3.63) is 64.3 Å². The SMILES string of the molecule is COC(=O)C(Cc1cc(Cl)c2[nH]ncc2c1CCl)OC(=O)c1ccccc1. The minimum Gasteiger partial charge on any atom is -0.466 e. The van der Waals surface area contributed by atoms with Gasteiger partial charge in [0.1, 0.15) is 0 Å². The maximum absolute atomic E-state index is 12.4. The van der Waals surface area contributed by atoms with Gasteiger partial charge in [-0.1, -0.05) is 29.8 Å². The van der Waals surface area contributed by atoms with Crippen molar-refractivity contribution in [2.45, 2.75) is 18.4 Å². The van der Waals surface area contributed by atoms with Crippen molar-refractivity contribution >= 4 is 46.0 Å². The molecule has 27 heavy (non-hydrogen) atoms. The van der Waals surface area contributed by atoms with Crippen LogP contribution in [0.4, 0.5) is 0 Å². The average molecular weight is 407 g/mol. The van der Waals surface area contributed by atoms with Gasteiger partial charge < -0.3 is 9.47 Å². The van der Waals surface area contributed by atoms with E-state index in [0.29, 0.717) is 21.7 Å². The molecule has 1 aromatic heterocycles. The predicted molar refractivity (Wildman–Crippen MR) is 102 cm³/mol. The minimum absolute atomic E-state index is 0.0775. The second kappa shape index (κ2) is 8.41. The molecule has 3 aromatic rings. The van der Waals surface area contributed by atoms with Crippen molar-refractivity contribution in [2.24, 2.45) is 0 Å². The molecule has 0 saturated heterocycles. The first-order chi connectivity index (χ1) is 13.0. The Balaban J connectivity index is 1.92. The number of hydrogen-bond donors (Lipinski definition) is 1. The summed E-state index contributed by atoms with van der Waals surface area (Å²) in [6, 6.07) is 10.1. The van der Waals surface area contributed by atoms with Gasteiger partial charge in [0.25, 0.3) is 0 Å². The van der Waals surface area contributed by atoms with Gasteiger partial charge in [-0.15, -0.1) is 11.6 Å². The zero-order chi connectivity index (χ0) is 19.4. The number of rotatable bonds is 6. The van der Waals surface area contributed by atoms with Gasteiger partial charge in [-0.3, -0.25) is 5.10 Å². The highest BCUT2D eigenvalue weighted by molar-refractivity contribution is 6.35. The van der Waals surface area contributed by atoms with E-state index >= 15 is 0 Å². The number of methoxy groups -OCH3 is 1. The largest absolute Gasteiger partial charge is 0.466 e. The summed E-state index contributed by atoms with van der Waals surface area (Å²) in [4.78, 5) is 24.6. The van der Waals surface area contributed by atoms with Gasteiger partial charge in [-0.2, -0.15) is 5.10 Å². The zero-order valence-electron chi connectivity index (χ0n) is 14.4. The number of hydrogen-bond acceptors (Lipinski definition) is 5. The van der Waals surface area contributed by atoms with Crippen molar-refractivity contribution < 1.29 is 19.1 Å². The van der Waals surface area contributed by atoms with Crippen LogP contribution < -0.4 is 0 Å². The number of H-pyrrole nitrogens is 1. The monoisotopic (exact) mass is 406 g/mol. The third kappa shape index (κ3) is 4.07. The van der Waals surface area contributed by atoms with Crippen LogP contribution in [-0.4, -0.2) is 35.3 Å². The number of carbonyl (C=O) groups is 2. The number of ether oxygens (including phenoxy) is 2. The average Bonchev–Trinajstić information content (AvgIpc) is 3.18. The molecule has 3 rings (SSSR count). The van der Waals surface area contributed by atoms with Crippen LogP contribution in [0.1, 0.15) is 21.5 Å².